The Hall–Kier alpha value is -2.32. The van der Waals surface area contributed by atoms with Crippen LogP contribution in [0.4, 0.5) is 0 Å². The Labute approximate surface area is 305 Å². The summed E-state index contributed by atoms with van der Waals surface area (Å²) >= 11 is 1.82. The van der Waals surface area contributed by atoms with Crippen molar-refractivity contribution in [3.8, 4) is 0 Å². The van der Waals surface area contributed by atoms with Gasteiger partial charge in [-0.25, -0.2) is 0 Å². The maximum absolute atomic E-state index is 11.1. The van der Waals surface area contributed by atoms with Gasteiger partial charge in [-0.1, -0.05) is 179 Å². The van der Waals surface area contributed by atoms with Crippen molar-refractivity contribution in [1.82, 2.24) is 0 Å². The number of hydrogen-bond acceptors (Lipinski definition) is 2. The molecule has 0 aliphatic rings. The standard InChI is InChI=1S/C13H18S.C13H28.C12H16O.C6H10.C2H6/c1-5-10(2)11(3)12-8-6-7-9-13(12)14-4;1-4-7-8-9-12-13(10-5-2)11-6-3;1-4-5-11-8-12(10(3)13)7-6-9(11)2;1-4-5-6(2)3;1-2/h5-9,11H,1-4H3;13H,4-12H2,1-3H3;6-8H,4-5H2,1-3H3;4-5H,2H2,1,3H3;1-2H3/b10-5-;;;5-4+;. The van der Waals surface area contributed by atoms with Gasteiger partial charge in [-0.05, 0) is 89.0 Å². The van der Waals surface area contributed by atoms with Gasteiger partial charge in [0.25, 0.3) is 0 Å². The van der Waals surface area contributed by atoms with Gasteiger partial charge in [0, 0.05) is 16.4 Å². The zero-order valence-corrected chi connectivity index (χ0v) is 35.0. The van der Waals surface area contributed by atoms with Gasteiger partial charge in [0.1, 0.15) is 0 Å². The van der Waals surface area contributed by atoms with Crippen molar-refractivity contribution in [1.29, 1.82) is 0 Å². The van der Waals surface area contributed by atoms with E-state index in [0.717, 1.165) is 29.9 Å². The highest BCUT2D eigenvalue weighted by atomic mass is 32.2. The smallest absolute Gasteiger partial charge is 0.159 e. The van der Waals surface area contributed by atoms with Crippen LogP contribution in [0.1, 0.15) is 180 Å². The summed E-state index contributed by atoms with van der Waals surface area (Å²) in [4.78, 5) is 12.5. The number of aryl methyl sites for hydroxylation is 2. The third-order valence-corrected chi connectivity index (χ3v) is 9.14. The average Bonchev–Trinajstić information content (AvgIpc) is 3.08. The SMILES string of the molecule is C/C=C(/C)C(C)c1ccccc1SC.C=C(C)/C=C/C.CC.CCCCCCC(CCC)CCC.CCCc1cc(C(C)=O)ccc1C. The highest BCUT2D eigenvalue weighted by molar-refractivity contribution is 7.98. The van der Waals surface area contributed by atoms with Crippen molar-refractivity contribution >= 4 is 17.5 Å². The lowest BCUT2D eigenvalue weighted by molar-refractivity contribution is 0.101. The minimum atomic E-state index is 0.150. The van der Waals surface area contributed by atoms with Crippen LogP contribution in [0, 0.1) is 12.8 Å². The first-order valence-electron chi connectivity index (χ1n) is 19.1. The third kappa shape index (κ3) is 25.7. The molecule has 0 fully saturated rings. The van der Waals surface area contributed by atoms with Crippen LogP contribution >= 0.6 is 11.8 Å². The molecule has 0 aliphatic carbocycles. The zero-order chi connectivity index (χ0) is 37.3. The number of benzene rings is 2. The van der Waals surface area contributed by atoms with Crippen molar-refractivity contribution in [2.75, 3.05) is 6.26 Å². The van der Waals surface area contributed by atoms with E-state index in [9.17, 15) is 4.79 Å². The number of Topliss-reactive ketones (excluding diaryl/α,β-unsaturated/α-hetero) is 1. The van der Waals surface area contributed by atoms with E-state index in [1.165, 1.54) is 84.9 Å². The van der Waals surface area contributed by atoms with Crippen LogP contribution in [0.25, 0.3) is 0 Å². The second-order valence-electron chi connectivity index (χ2n) is 12.6. The van der Waals surface area contributed by atoms with Crippen molar-refractivity contribution < 1.29 is 4.79 Å². The van der Waals surface area contributed by atoms with Gasteiger partial charge in [0.05, 0.1) is 0 Å². The molecule has 0 spiro atoms. The fourth-order valence-corrected chi connectivity index (χ4v) is 6.04. The number of unbranched alkanes of at least 4 members (excludes halogenated alkanes) is 3. The Morgan fingerprint density at radius 1 is 0.833 bits per heavy atom. The van der Waals surface area contributed by atoms with Gasteiger partial charge in [-0.2, -0.15) is 0 Å². The zero-order valence-electron chi connectivity index (χ0n) is 34.2. The predicted molar refractivity (Wildman–Crippen MR) is 224 cm³/mol. The van der Waals surface area contributed by atoms with E-state index < -0.39 is 0 Å². The number of thioether (sulfide) groups is 1. The van der Waals surface area contributed by atoms with Crippen LogP contribution in [0.5, 0.6) is 0 Å². The molecular weight excluding hydrogens is 601 g/mol. The lowest BCUT2D eigenvalue weighted by Crippen LogP contribution is -1.99. The molecule has 48 heavy (non-hydrogen) atoms. The Bertz CT molecular complexity index is 1120. The molecular formula is C46H78OS. The molecule has 1 nitrogen and oxygen atoms in total. The fourth-order valence-electron chi connectivity index (χ4n) is 5.34. The number of carbonyl (C=O) groups is 1. The van der Waals surface area contributed by atoms with Crippen LogP contribution in [-0.4, -0.2) is 12.0 Å². The number of allylic oxidation sites excluding steroid dienone is 5. The highest BCUT2D eigenvalue weighted by Gasteiger charge is 2.10. The third-order valence-electron chi connectivity index (χ3n) is 8.33. The summed E-state index contributed by atoms with van der Waals surface area (Å²) in [6.07, 6.45) is 23.4. The van der Waals surface area contributed by atoms with Crippen LogP contribution in [0.3, 0.4) is 0 Å². The minimum Gasteiger partial charge on any atom is -0.295 e. The predicted octanol–water partition coefficient (Wildman–Crippen LogP) is 16.0. The van der Waals surface area contributed by atoms with Crippen molar-refractivity contribution in [2.45, 2.75) is 171 Å². The van der Waals surface area contributed by atoms with Gasteiger partial charge in [0.2, 0.25) is 0 Å². The molecule has 0 aliphatic heterocycles. The van der Waals surface area contributed by atoms with Crippen molar-refractivity contribution in [3.63, 3.8) is 0 Å². The molecule has 1 unspecified atom stereocenters. The summed E-state index contributed by atoms with van der Waals surface area (Å²) in [5.41, 5.74) is 7.40. The summed E-state index contributed by atoms with van der Waals surface area (Å²) in [6, 6.07) is 14.6. The molecule has 0 amide bonds. The number of carbonyl (C=O) groups excluding carboxylic acids is 1. The molecule has 0 heterocycles. The summed E-state index contributed by atoms with van der Waals surface area (Å²) in [7, 11) is 0. The monoisotopic (exact) mass is 679 g/mol. The minimum absolute atomic E-state index is 0.150. The molecule has 2 heteroatoms. The lowest BCUT2D eigenvalue weighted by atomic mass is 9.92. The summed E-state index contributed by atoms with van der Waals surface area (Å²) < 4.78 is 0. The second kappa shape index (κ2) is 34.5. The Kier molecular flexibility index (Phi) is 36.0. The van der Waals surface area contributed by atoms with E-state index in [-0.39, 0.29) is 5.78 Å². The topological polar surface area (TPSA) is 17.1 Å². The Morgan fingerprint density at radius 2 is 1.44 bits per heavy atom. The summed E-state index contributed by atoms with van der Waals surface area (Å²) in [6.45, 7) is 31.0. The molecule has 274 valence electrons. The van der Waals surface area contributed by atoms with Crippen LogP contribution < -0.4 is 0 Å². The van der Waals surface area contributed by atoms with E-state index in [2.05, 4.69) is 98.6 Å². The van der Waals surface area contributed by atoms with Crippen LogP contribution in [0.2, 0.25) is 0 Å². The van der Waals surface area contributed by atoms with Gasteiger partial charge in [0.15, 0.2) is 5.78 Å². The van der Waals surface area contributed by atoms with Crippen molar-refractivity contribution in [2.24, 2.45) is 5.92 Å². The van der Waals surface area contributed by atoms with E-state index in [1.54, 1.807) is 6.92 Å². The molecule has 0 radical (unpaired) electrons. The lowest BCUT2D eigenvalue weighted by Gasteiger charge is -2.15. The van der Waals surface area contributed by atoms with Gasteiger partial charge < -0.3 is 0 Å². The first-order valence-corrected chi connectivity index (χ1v) is 20.3. The van der Waals surface area contributed by atoms with Gasteiger partial charge >= 0.3 is 0 Å². The molecule has 2 rings (SSSR count). The molecule has 1 atom stereocenters. The van der Waals surface area contributed by atoms with Crippen LogP contribution in [0.15, 0.2) is 83.3 Å². The molecule has 0 bridgehead atoms. The first kappa shape index (κ1) is 50.1. The molecule has 0 saturated heterocycles. The average molecular weight is 679 g/mol. The Morgan fingerprint density at radius 3 is 1.88 bits per heavy atom. The molecule has 0 N–H and O–H groups in total. The molecule has 0 saturated carbocycles. The van der Waals surface area contributed by atoms with Gasteiger partial charge in [-0.3, -0.25) is 4.79 Å². The molecule has 2 aromatic rings. The quantitative estimate of drug-likeness (QED) is 0.0578. The molecule has 2 aromatic carbocycles. The normalized spacial score (nSPS) is 11.2. The van der Waals surface area contributed by atoms with Crippen LogP contribution in [-0.2, 0) is 6.42 Å². The summed E-state index contributed by atoms with van der Waals surface area (Å²) in [5.74, 6) is 1.72. The van der Waals surface area contributed by atoms with E-state index in [1.807, 2.05) is 69.8 Å². The van der Waals surface area contributed by atoms with Crippen molar-refractivity contribution in [3.05, 3.63) is 101 Å². The largest absolute Gasteiger partial charge is 0.295 e. The van der Waals surface area contributed by atoms with E-state index in [0.29, 0.717) is 5.92 Å². The highest BCUT2D eigenvalue weighted by Crippen LogP contribution is 2.31. The van der Waals surface area contributed by atoms with E-state index in [4.69, 9.17) is 0 Å². The Balaban J connectivity index is -0.000000570. The summed E-state index contributed by atoms with van der Waals surface area (Å²) in [5, 5.41) is 0. The van der Waals surface area contributed by atoms with E-state index >= 15 is 0 Å². The fraction of sp³-hybridized carbons (Fsp3) is 0.587. The molecule has 0 aromatic heterocycles. The number of rotatable bonds is 16. The van der Waals surface area contributed by atoms with Gasteiger partial charge in [-0.15, -0.1) is 11.8 Å². The first-order chi connectivity index (χ1) is 23.0. The maximum Gasteiger partial charge on any atom is 0.159 e. The number of ketones is 1. The number of hydrogen-bond donors (Lipinski definition) is 0. The maximum atomic E-state index is 11.1. The second-order valence-corrected chi connectivity index (χ2v) is 13.4.